The number of nitriles is 1. The van der Waals surface area contributed by atoms with Gasteiger partial charge in [-0.1, -0.05) is 42.5 Å². The van der Waals surface area contributed by atoms with Crippen LogP contribution in [-0.2, 0) is 20.4 Å². The van der Waals surface area contributed by atoms with Crippen LogP contribution in [0.1, 0.15) is 17.5 Å². The summed E-state index contributed by atoms with van der Waals surface area (Å²) in [6.07, 6.45) is -0.124. The Kier molecular flexibility index (Phi) is 6.19. The number of hydrogen-bond acceptors (Lipinski definition) is 6. The summed E-state index contributed by atoms with van der Waals surface area (Å²) >= 11 is 1.26. The number of nitrogens with one attached hydrogen (secondary N) is 1. The molecule has 0 radical (unpaired) electrons. The number of sulfone groups is 1. The Balaban J connectivity index is 1.55. The van der Waals surface area contributed by atoms with Gasteiger partial charge in [0.05, 0.1) is 28.8 Å². The lowest BCUT2D eigenvalue weighted by atomic mass is 10.1. The molecule has 0 aliphatic carbocycles. The molecule has 28 heavy (non-hydrogen) atoms. The molecule has 0 aliphatic rings. The molecule has 0 aliphatic heterocycles. The first-order valence-electron chi connectivity index (χ1n) is 8.45. The lowest BCUT2D eigenvalue weighted by Crippen LogP contribution is -2.18. The Morgan fingerprint density at radius 2 is 1.82 bits per heavy atom. The van der Waals surface area contributed by atoms with Gasteiger partial charge in [-0.25, -0.2) is 13.4 Å². The van der Waals surface area contributed by atoms with Crippen LogP contribution in [0.2, 0.25) is 0 Å². The molecule has 1 heterocycles. The van der Waals surface area contributed by atoms with Crippen LogP contribution in [0.5, 0.6) is 0 Å². The molecule has 0 saturated heterocycles. The molecule has 0 unspecified atom stereocenters. The summed E-state index contributed by atoms with van der Waals surface area (Å²) in [5.74, 6) is -0.694. The van der Waals surface area contributed by atoms with Crippen molar-refractivity contribution in [2.75, 3.05) is 11.1 Å². The molecular weight excluding hydrogens is 394 g/mol. The average Bonchev–Trinajstić information content (AvgIpc) is 3.15. The maximum absolute atomic E-state index is 12.2. The lowest BCUT2D eigenvalue weighted by Gasteiger charge is -2.05. The maximum atomic E-state index is 12.2. The van der Waals surface area contributed by atoms with E-state index in [9.17, 15) is 13.2 Å². The van der Waals surface area contributed by atoms with Gasteiger partial charge in [0.1, 0.15) is 0 Å². The summed E-state index contributed by atoms with van der Waals surface area (Å²) in [7, 11) is -3.37. The second-order valence-electron chi connectivity index (χ2n) is 6.10. The molecular formula is C20H17N3O3S2. The van der Waals surface area contributed by atoms with E-state index in [0.717, 1.165) is 5.56 Å². The summed E-state index contributed by atoms with van der Waals surface area (Å²) in [6, 6.07) is 17.9. The van der Waals surface area contributed by atoms with Gasteiger partial charge in [-0.15, -0.1) is 11.3 Å². The molecule has 142 valence electrons. The minimum Gasteiger partial charge on any atom is -0.302 e. The first-order valence-corrected chi connectivity index (χ1v) is 11.2. The molecule has 0 bridgehead atoms. The number of rotatable bonds is 7. The minimum atomic E-state index is -3.37. The van der Waals surface area contributed by atoms with Crippen molar-refractivity contribution in [3.8, 4) is 17.3 Å². The van der Waals surface area contributed by atoms with Gasteiger partial charge in [0.2, 0.25) is 5.91 Å². The van der Waals surface area contributed by atoms with Gasteiger partial charge in [0.15, 0.2) is 15.0 Å². The summed E-state index contributed by atoms with van der Waals surface area (Å²) in [5.41, 5.74) is 2.78. The van der Waals surface area contributed by atoms with Gasteiger partial charge in [-0.05, 0) is 17.7 Å². The molecule has 0 fully saturated rings. The zero-order chi connectivity index (χ0) is 20.0. The third-order valence-corrected chi connectivity index (χ3v) is 6.29. The van der Waals surface area contributed by atoms with E-state index in [1.165, 1.54) is 11.3 Å². The normalized spacial score (nSPS) is 11.0. The Morgan fingerprint density at radius 1 is 1.11 bits per heavy atom. The molecule has 2 aromatic carbocycles. The first kappa shape index (κ1) is 19.7. The number of benzene rings is 2. The number of amides is 1. The Morgan fingerprint density at radius 3 is 2.50 bits per heavy atom. The lowest BCUT2D eigenvalue weighted by molar-refractivity contribution is -0.115. The summed E-state index contributed by atoms with van der Waals surface area (Å²) < 4.78 is 24.4. The number of nitrogens with zero attached hydrogens (tertiary/aromatic N) is 2. The highest BCUT2D eigenvalue weighted by atomic mass is 32.2. The van der Waals surface area contributed by atoms with Crippen molar-refractivity contribution in [2.45, 2.75) is 12.2 Å². The molecule has 3 aromatic rings. The van der Waals surface area contributed by atoms with Crippen LogP contribution < -0.4 is 5.32 Å². The van der Waals surface area contributed by atoms with E-state index in [4.69, 9.17) is 5.26 Å². The fourth-order valence-electron chi connectivity index (χ4n) is 2.51. The largest absolute Gasteiger partial charge is 0.302 e. The summed E-state index contributed by atoms with van der Waals surface area (Å²) in [4.78, 5) is 16.4. The quantitative estimate of drug-likeness (QED) is 0.640. The van der Waals surface area contributed by atoms with E-state index in [-0.39, 0.29) is 17.9 Å². The molecule has 1 aromatic heterocycles. The number of carbonyl (C=O) groups is 1. The van der Waals surface area contributed by atoms with Crippen LogP contribution in [0.3, 0.4) is 0 Å². The van der Waals surface area contributed by atoms with Crippen LogP contribution in [0.25, 0.3) is 11.3 Å². The van der Waals surface area contributed by atoms with Crippen molar-refractivity contribution >= 4 is 32.2 Å². The monoisotopic (exact) mass is 411 g/mol. The van der Waals surface area contributed by atoms with Crippen LogP contribution in [0.4, 0.5) is 5.13 Å². The van der Waals surface area contributed by atoms with Gasteiger partial charge in [0, 0.05) is 17.4 Å². The van der Waals surface area contributed by atoms with Crippen LogP contribution in [-0.4, -0.2) is 25.1 Å². The van der Waals surface area contributed by atoms with E-state index in [1.54, 1.807) is 53.9 Å². The third-order valence-electron chi connectivity index (χ3n) is 3.93. The van der Waals surface area contributed by atoms with Crippen LogP contribution >= 0.6 is 11.3 Å². The fourth-order valence-corrected chi connectivity index (χ4v) is 4.59. The van der Waals surface area contributed by atoms with Gasteiger partial charge in [-0.2, -0.15) is 5.26 Å². The number of carbonyl (C=O) groups excluding carboxylic acids is 1. The molecule has 0 atom stereocenters. The highest BCUT2D eigenvalue weighted by Gasteiger charge is 2.15. The molecule has 1 N–H and O–H groups in total. The van der Waals surface area contributed by atoms with Crippen LogP contribution in [0, 0.1) is 11.3 Å². The Hall–Kier alpha value is -3.02. The minimum absolute atomic E-state index is 0.0821. The smallest absolute Gasteiger partial charge is 0.227 e. The second kappa shape index (κ2) is 8.78. The Labute approximate surface area is 167 Å². The average molecular weight is 412 g/mol. The molecule has 1 amide bonds. The van der Waals surface area contributed by atoms with Crippen molar-refractivity contribution < 1.29 is 13.2 Å². The molecule has 8 heteroatoms. The van der Waals surface area contributed by atoms with Gasteiger partial charge >= 0.3 is 0 Å². The topological polar surface area (TPSA) is 99.9 Å². The fraction of sp³-hybridized carbons (Fsp3) is 0.150. The number of aromatic nitrogens is 1. The number of anilines is 1. The number of thiazole rings is 1. The molecule has 3 rings (SSSR count). The number of hydrogen-bond donors (Lipinski definition) is 1. The highest BCUT2D eigenvalue weighted by molar-refractivity contribution is 7.90. The zero-order valence-electron chi connectivity index (χ0n) is 14.8. The molecule has 0 spiro atoms. The first-order chi connectivity index (χ1) is 13.4. The second-order valence-corrected chi connectivity index (χ2v) is 9.15. The van der Waals surface area contributed by atoms with E-state index in [0.29, 0.717) is 22.0 Å². The van der Waals surface area contributed by atoms with E-state index in [1.807, 2.05) is 6.07 Å². The van der Waals surface area contributed by atoms with Gasteiger partial charge < -0.3 is 5.32 Å². The summed E-state index contributed by atoms with van der Waals surface area (Å²) in [5, 5.41) is 13.7. The van der Waals surface area contributed by atoms with E-state index >= 15 is 0 Å². The van der Waals surface area contributed by atoms with Crippen LogP contribution in [0.15, 0.2) is 60.0 Å². The molecule has 6 nitrogen and oxygen atoms in total. The summed E-state index contributed by atoms with van der Waals surface area (Å²) in [6.45, 7) is 0. The Bertz CT molecular complexity index is 1100. The van der Waals surface area contributed by atoms with Crippen molar-refractivity contribution in [1.82, 2.24) is 4.98 Å². The highest BCUT2D eigenvalue weighted by Crippen LogP contribution is 2.25. The zero-order valence-corrected chi connectivity index (χ0v) is 16.5. The van der Waals surface area contributed by atoms with Gasteiger partial charge in [0.25, 0.3) is 0 Å². The third kappa shape index (κ3) is 5.49. The maximum Gasteiger partial charge on any atom is 0.227 e. The van der Waals surface area contributed by atoms with Gasteiger partial charge in [-0.3, -0.25) is 4.79 Å². The van der Waals surface area contributed by atoms with E-state index < -0.39 is 15.7 Å². The van der Waals surface area contributed by atoms with Crippen molar-refractivity contribution in [1.29, 1.82) is 5.26 Å². The van der Waals surface area contributed by atoms with Crippen molar-refractivity contribution in [3.63, 3.8) is 0 Å². The standard InChI is InChI=1S/C20H17N3O3S2/c21-12-15-6-8-17(9-7-15)18-13-27-20(22-18)23-19(24)10-11-28(25,26)14-16-4-2-1-3-5-16/h1-9,13H,10-11,14H2,(H,22,23,24). The van der Waals surface area contributed by atoms with Crippen molar-refractivity contribution in [2.24, 2.45) is 0 Å². The van der Waals surface area contributed by atoms with E-state index in [2.05, 4.69) is 16.4 Å². The molecule has 0 saturated carbocycles. The SMILES string of the molecule is N#Cc1ccc(-c2csc(NC(=O)CCS(=O)(=O)Cc3ccccc3)n2)cc1. The van der Waals surface area contributed by atoms with Crippen molar-refractivity contribution in [3.05, 3.63) is 71.1 Å². The predicted octanol–water partition coefficient (Wildman–Crippen LogP) is 3.63. The predicted molar refractivity (Wildman–Crippen MR) is 109 cm³/mol.